The number of Topliss-reactive ketones (excluding diaryl/α,β-unsaturated/α-hetero) is 2. The van der Waals surface area contributed by atoms with Gasteiger partial charge in [0.05, 0.1) is 0 Å². The van der Waals surface area contributed by atoms with Crippen molar-refractivity contribution in [2.75, 3.05) is 0 Å². The van der Waals surface area contributed by atoms with Crippen LogP contribution in [-0.4, -0.2) is 11.6 Å². The molecule has 0 aromatic rings. The summed E-state index contributed by atoms with van der Waals surface area (Å²) in [6.07, 6.45) is 6.26. The lowest BCUT2D eigenvalue weighted by atomic mass is 9.88. The van der Waals surface area contributed by atoms with Crippen molar-refractivity contribution in [2.24, 2.45) is 17.8 Å². The fourth-order valence-electron chi connectivity index (χ4n) is 2.34. The van der Waals surface area contributed by atoms with Crippen LogP contribution in [0.1, 0.15) is 19.8 Å². The summed E-state index contributed by atoms with van der Waals surface area (Å²) in [5.74, 6) is 0.514. The molecule has 0 aliphatic heterocycles. The molecule has 1 fully saturated rings. The maximum Gasteiger partial charge on any atom is 0.201 e. The van der Waals surface area contributed by atoms with Crippen molar-refractivity contribution in [2.45, 2.75) is 19.8 Å². The highest BCUT2D eigenvalue weighted by Crippen LogP contribution is 2.43. The van der Waals surface area contributed by atoms with Crippen molar-refractivity contribution >= 4 is 11.6 Å². The highest BCUT2D eigenvalue weighted by molar-refractivity contribution is 6.37. The first-order valence-electron chi connectivity index (χ1n) is 4.41. The molecule has 3 atom stereocenters. The Hall–Kier alpha value is -0.920. The van der Waals surface area contributed by atoms with Crippen LogP contribution in [0.2, 0.25) is 0 Å². The molecule has 2 aliphatic carbocycles. The van der Waals surface area contributed by atoms with E-state index in [-0.39, 0.29) is 17.5 Å². The Balaban J connectivity index is 2.13. The van der Waals surface area contributed by atoms with Crippen LogP contribution in [0.5, 0.6) is 0 Å². The molecule has 2 rings (SSSR count). The van der Waals surface area contributed by atoms with E-state index in [4.69, 9.17) is 0 Å². The molecule has 0 amide bonds. The van der Waals surface area contributed by atoms with Crippen molar-refractivity contribution in [1.82, 2.24) is 0 Å². The van der Waals surface area contributed by atoms with Crippen LogP contribution in [0.15, 0.2) is 12.2 Å². The second-order valence-corrected chi connectivity index (χ2v) is 3.81. The number of allylic oxidation sites excluding steroid dienone is 2. The smallest absolute Gasteiger partial charge is 0.201 e. The third-order valence-corrected chi connectivity index (χ3v) is 2.96. The predicted molar refractivity (Wildman–Crippen MR) is 44.5 cm³/mol. The second-order valence-electron chi connectivity index (χ2n) is 3.81. The first kappa shape index (κ1) is 7.71. The first-order chi connectivity index (χ1) is 5.68. The van der Waals surface area contributed by atoms with E-state index in [1.807, 2.05) is 0 Å². The molecule has 0 unspecified atom stereocenters. The highest BCUT2D eigenvalue weighted by atomic mass is 16.2. The number of hydrogen-bond acceptors (Lipinski definition) is 2. The molecule has 0 N–H and O–H groups in total. The van der Waals surface area contributed by atoms with E-state index in [1.165, 1.54) is 6.92 Å². The number of fused-ring (bicyclic) bond motifs is 2. The lowest BCUT2D eigenvalue weighted by Gasteiger charge is -2.14. The van der Waals surface area contributed by atoms with Crippen LogP contribution in [0.3, 0.4) is 0 Å². The standard InChI is InChI=1S/C10H12O2/c1-6(11)10(12)9-5-7-2-3-8(9)4-7/h2-3,7-9H,4-5H2,1H3/t7-,8+,9-/m1/s1. The minimum Gasteiger partial charge on any atom is -0.291 e. The average molecular weight is 164 g/mol. The molecule has 2 nitrogen and oxygen atoms in total. The summed E-state index contributed by atoms with van der Waals surface area (Å²) in [6.45, 7) is 1.37. The summed E-state index contributed by atoms with van der Waals surface area (Å²) in [7, 11) is 0. The van der Waals surface area contributed by atoms with Gasteiger partial charge in [0.2, 0.25) is 5.78 Å². The molecule has 1 saturated carbocycles. The molecule has 2 heteroatoms. The van der Waals surface area contributed by atoms with E-state index in [2.05, 4.69) is 12.2 Å². The molecule has 0 aromatic heterocycles. The molecule has 0 saturated heterocycles. The lowest BCUT2D eigenvalue weighted by molar-refractivity contribution is -0.138. The Kier molecular flexibility index (Phi) is 1.63. The summed E-state index contributed by atoms with van der Waals surface area (Å²) in [4.78, 5) is 22.2. The lowest BCUT2D eigenvalue weighted by Crippen LogP contribution is -2.24. The normalized spacial score (nSPS) is 37.2. The van der Waals surface area contributed by atoms with Gasteiger partial charge in [0, 0.05) is 12.8 Å². The van der Waals surface area contributed by atoms with Gasteiger partial charge < -0.3 is 0 Å². The number of carbonyl (C=O) groups excluding carboxylic acids is 2. The summed E-state index contributed by atoms with van der Waals surface area (Å²) in [6, 6.07) is 0. The van der Waals surface area contributed by atoms with E-state index < -0.39 is 0 Å². The molecule has 0 spiro atoms. The van der Waals surface area contributed by atoms with Crippen LogP contribution in [0.25, 0.3) is 0 Å². The van der Waals surface area contributed by atoms with E-state index in [1.54, 1.807) is 0 Å². The maximum atomic E-state index is 11.4. The largest absolute Gasteiger partial charge is 0.291 e. The number of rotatable bonds is 2. The Bertz CT molecular complexity index is 265. The van der Waals surface area contributed by atoms with Gasteiger partial charge in [0.1, 0.15) is 0 Å². The summed E-state index contributed by atoms with van der Waals surface area (Å²) in [5.41, 5.74) is 0. The van der Waals surface area contributed by atoms with E-state index in [0.717, 1.165) is 12.8 Å². The molecule has 2 aliphatic rings. The summed E-state index contributed by atoms with van der Waals surface area (Å²) in [5, 5.41) is 0. The summed E-state index contributed by atoms with van der Waals surface area (Å²) >= 11 is 0. The predicted octanol–water partition coefficient (Wildman–Crippen LogP) is 1.36. The molecule has 2 bridgehead atoms. The Morgan fingerprint density at radius 3 is 2.42 bits per heavy atom. The first-order valence-corrected chi connectivity index (χ1v) is 4.41. The molecule has 12 heavy (non-hydrogen) atoms. The van der Waals surface area contributed by atoms with Gasteiger partial charge in [0.25, 0.3) is 0 Å². The molecular formula is C10H12O2. The van der Waals surface area contributed by atoms with Gasteiger partial charge >= 0.3 is 0 Å². The minimum absolute atomic E-state index is 0.0116. The maximum absolute atomic E-state index is 11.4. The van der Waals surface area contributed by atoms with Gasteiger partial charge in [-0.15, -0.1) is 0 Å². The number of carbonyl (C=O) groups is 2. The van der Waals surface area contributed by atoms with Crippen LogP contribution < -0.4 is 0 Å². The Labute approximate surface area is 71.6 Å². The quantitative estimate of drug-likeness (QED) is 0.456. The van der Waals surface area contributed by atoms with E-state index in [9.17, 15) is 9.59 Å². The third kappa shape index (κ3) is 1.02. The highest BCUT2D eigenvalue weighted by Gasteiger charge is 2.40. The van der Waals surface area contributed by atoms with Crippen LogP contribution in [0.4, 0.5) is 0 Å². The van der Waals surface area contributed by atoms with E-state index >= 15 is 0 Å². The van der Waals surface area contributed by atoms with Crippen molar-refractivity contribution in [3.05, 3.63) is 12.2 Å². The SMILES string of the molecule is CC(=O)C(=O)[C@@H]1C[C@@H]2C=C[C@H]1C2. The Morgan fingerprint density at radius 2 is 2.00 bits per heavy atom. The van der Waals surface area contributed by atoms with Gasteiger partial charge in [-0.1, -0.05) is 12.2 Å². The van der Waals surface area contributed by atoms with E-state index in [0.29, 0.717) is 11.8 Å². The molecule has 0 heterocycles. The zero-order valence-electron chi connectivity index (χ0n) is 7.12. The minimum atomic E-state index is -0.277. The fraction of sp³-hybridized carbons (Fsp3) is 0.600. The zero-order valence-corrected chi connectivity index (χ0v) is 7.12. The fourth-order valence-corrected chi connectivity index (χ4v) is 2.34. The number of ketones is 2. The number of hydrogen-bond donors (Lipinski definition) is 0. The van der Waals surface area contributed by atoms with Crippen LogP contribution >= 0.6 is 0 Å². The average Bonchev–Trinajstić information content (AvgIpc) is 2.62. The molecule has 0 aromatic carbocycles. The molecule has 0 radical (unpaired) electrons. The van der Waals surface area contributed by atoms with Crippen molar-refractivity contribution in [1.29, 1.82) is 0 Å². The van der Waals surface area contributed by atoms with Gasteiger partial charge in [-0.25, -0.2) is 0 Å². The van der Waals surface area contributed by atoms with Crippen LogP contribution in [-0.2, 0) is 9.59 Å². The molecule has 64 valence electrons. The monoisotopic (exact) mass is 164 g/mol. The summed E-state index contributed by atoms with van der Waals surface area (Å²) < 4.78 is 0. The van der Waals surface area contributed by atoms with Gasteiger partial charge in [-0.2, -0.15) is 0 Å². The Morgan fingerprint density at radius 1 is 1.25 bits per heavy atom. The van der Waals surface area contributed by atoms with Gasteiger partial charge in [-0.3, -0.25) is 9.59 Å². The van der Waals surface area contributed by atoms with Gasteiger partial charge in [0.15, 0.2) is 5.78 Å². The van der Waals surface area contributed by atoms with Crippen molar-refractivity contribution in [3.8, 4) is 0 Å². The third-order valence-electron chi connectivity index (χ3n) is 2.96. The zero-order chi connectivity index (χ0) is 8.72. The molecular weight excluding hydrogens is 152 g/mol. The second kappa shape index (κ2) is 2.54. The van der Waals surface area contributed by atoms with Crippen molar-refractivity contribution in [3.63, 3.8) is 0 Å². The van der Waals surface area contributed by atoms with Crippen molar-refractivity contribution < 1.29 is 9.59 Å². The van der Waals surface area contributed by atoms with Crippen LogP contribution in [0, 0.1) is 17.8 Å². The van der Waals surface area contributed by atoms with Gasteiger partial charge in [-0.05, 0) is 24.7 Å². The topological polar surface area (TPSA) is 34.1 Å².